The maximum atomic E-state index is 12.5. The molecule has 1 aliphatic rings. The molecule has 0 bridgehead atoms. The first-order valence-electron chi connectivity index (χ1n) is 9.06. The number of nitrogens with one attached hydrogen (secondary N) is 1. The Labute approximate surface area is 169 Å². The SMILES string of the molecule is Cc1ccccc1C(=O)NC1CCN(C(=O)CSc2ccccc2Cl)CC1. The number of nitrogens with zero attached hydrogens (tertiary/aromatic N) is 1. The number of carbonyl (C=O) groups excluding carboxylic acids is 2. The molecule has 1 heterocycles. The fourth-order valence-electron chi connectivity index (χ4n) is 3.16. The zero-order chi connectivity index (χ0) is 19.2. The van der Waals surface area contributed by atoms with Gasteiger partial charge in [-0.3, -0.25) is 9.59 Å². The quantitative estimate of drug-likeness (QED) is 0.764. The van der Waals surface area contributed by atoms with Crippen LogP contribution in [0.5, 0.6) is 0 Å². The Morgan fingerprint density at radius 2 is 1.78 bits per heavy atom. The first-order valence-corrected chi connectivity index (χ1v) is 10.4. The average Bonchev–Trinajstić information content (AvgIpc) is 2.68. The van der Waals surface area contributed by atoms with E-state index in [1.807, 2.05) is 60.4 Å². The summed E-state index contributed by atoms with van der Waals surface area (Å²) in [5, 5.41) is 3.78. The second-order valence-corrected chi connectivity index (χ2v) is 8.09. The van der Waals surface area contributed by atoms with Crippen LogP contribution >= 0.6 is 23.4 Å². The number of benzene rings is 2. The number of rotatable bonds is 5. The molecule has 1 aliphatic heterocycles. The minimum absolute atomic E-state index is 0.0350. The van der Waals surface area contributed by atoms with Gasteiger partial charge in [-0.15, -0.1) is 11.8 Å². The van der Waals surface area contributed by atoms with Crippen LogP contribution in [0.2, 0.25) is 5.02 Å². The summed E-state index contributed by atoms with van der Waals surface area (Å²) in [6.45, 7) is 3.27. The minimum Gasteiger partial charge on any atom is -0.349 e. The summed E-state index contributed by atoms with van der Waals surface area (Å²) < 4.78 is 0. The van der Waals surface area contributed by atoms with Gasteiger partial charge in [-0.1, -0.05) is 41.9 Å². The summed E-state index contributed by atoms with van der Waals surface area (Å²) in [5.41, 5.74) is 1.69. The van der Waals surface area contributed by atoms with Crippen LogP contribution in [-0.2, 0) is 4.79 Å². The van der Waals surface area contributed by atoms with Gasteiger partial charge in [-0.2, -0.15) is 0 Å². The van der Waals surface area contributed by atoms with Gasteiger partial charge in [0.2, 0.25) is 5.91 Å². The number of hydrogen-bond acceptors (Lipinski definition) is 3. The highest BCUT2D eigenvalue weighted by atomic mass is 35.5. The van der Waals surface area contributed by atoms with Crippen molar-refractivity contribution in [1.29, 1.82) is 0 Å². The highest BCUT2D eigenvalue weighted by molar-refractivity contribution is 8.00. The lowest BCUT2D eigenvalue weighted by molar-refractivity contribution is -0.129. The molecular formula is C21H23ClN2O2S. The molecule has 1 fully saturated rings. The first-order chi connectivity index (χ1) is 13.0. The molecule has 0 aliphatic carbocycles. The molecule has 1 saturated heterocycles. The van der Waals surface area contributed by atoms with E-state index in [4.69, 9.17) is 11.6 Å². The van der Waals surface area contributed by atoms with Crippen molar-refractivity contribution < 1.29 is 9.59 Å². The van der Waals surface area contributed by atoms with Gasteiger partial charge < -0.3 is 10.2 Å². The monoisotopic (exact) mass is 402 g/mol. The van der Waals surface area contributed by atoms with Crippen molar-refractivity contribution >= 4 is 35.2 Å². The van der Waals surface area contributed by atoms with E-state index in [1.54, 1.807) is 0 Å². The molecule has 142 valence electrons. The van der Waals surface area contributed by atoms with Crippen molar-refractivity contribution in [2.45, 2.75) is 30.7 Å². The van der Waals surface area contributed by atoms with Crippen LogP contribution in [0.15, 0.2) is 53.4 Å². The van der Waals surface area contributed by atoms with Crippen LogP contribution in [0.25, 0.3) is 0 Å². The summed E-state index contributed by atoms with van der Waals surface area (Å²) >= 11 is 7.60. The topological polar surface area (TPSA) is 49.4 Å². The van der Waals surface area contributed by atoms with Crippen LogP contribution in [0.4, 0.5) is 0 Å². The van der Waals surface area contributed by atoms with E-state index in [1.165, 1.54) is 11.8 Å². The third kappa shape index (κ3) is 5.27. The van der Waals surface area contributed by atoms with Crippen LogP contribution in [0, 0.1) is 6.92 Å². The molecule has 3 rings (SSSR count). The average molecular weight is 403 g/mol. The number of thioether (sulfide) groups is 1. The molecule has 2 aromatic rings. The van der Waals surface area contributed by atoms with Gasteiger partial charge >= 0.3 is 0 Å². The molecule has 0 spiro atoms. The maximum absolute atomic E-state index is 12.5. The number of aryl methyl sites for hydroxylation is 1. The highest BCUT2D eigenvalue weighted by Crippen LogP contribution is 2.27. The normalized spacial score (nSPS) is 14.8. The number of likely N-dealkylation sites (tertiary alicyclic amines) is 1. The Hall–Kier alpha value is -1.98. The van der Waals surface area contributed by atoms with Crippen molar-refractivity contribution in [1.82, 2.24) is 10.2 Å². The van der Waals surface area contributed by atoms with Gasteiger partial charge in [-0.05, 0) is 43.5 Å². The van der Waals surface area contributed by atoms with Crippen LogP contribution in [0.1, 0.15) is 28.8 Å². The van der Waals surface area contributed by atoms with E-state index in [9.17, 15) is 9.59 Å². The van der Waals surface area contributed by atoms with Crippen LogP contribution < -0.4 is 5.32 Å². The lowest BCUT2D eigenvalue weighted by Crippen LogP contribution is -2.47. The van der Waals surface area contributed by atoms with E-state index in [2.05, 4.69) is 5.32 Å². The Morgan fingerprint density at radius 3 is 2.48 bits per heavy atom. The van der Waals surface area contributed by atoms with Gasteiger partial charge in [0, 0.05) is 29.6 Å². The van der Waals surface area contributed by atoms with Gasteiger partial charge in [0.05, 0.1) is 10.8 Å². The van der Waals surface area contributed by atoms with E-state index in [0.29, 0.717) is 29.4 Å². The summed E-state index contributed by atoms with van der Waals surface area (Å²) in [6, 6.07) is 15.2. The van der Waals surface area contributed by atoms with E-state index >= 15 is 0 Å². The van der Waals surface area contributed by atoms with Gasteiger partial charge in [-0.25, -0.2) is 0 Å². The molecule has 2 aromatic carbocycles. The molecule has 0 atom stereocenters. The predicted molar refractivity (Wildman–Crippen MR) is 110 cm³/mol. The highest BCUT2D eigenvalue weighted by Gasteiger charge is 2.24. The van der Waals surface area contributed by atoms with Crippen molar-refractivity contribution in [3.8, 4) is 0 Å². The van der Waals surface area contributed by atoms with Crippen molar-refractivity contribution in [3.05, 3.63) is 64.7 Å². The molecule has 1 N–H and O–H groups in total. The standard InChI is InChI=1S/C21H23ClN2O2S/c1-15-6-2-3-7-17(15)21(26)23-16-10-12-24(13-11-16)20(25)14-27-19-9-5-4-8-18(19)22/h2-9,16H,10-14H2,1H3,(H,23,26). The third-order valence-electron chi connectivity index (χ3n) is 4.76. The Balaban J connectivity index is 1.46. The van der Waals surface area contributed by atoms with E-state index in [0.717, 1.165) is 23.3 Å². The predicted octanol–water partition coefficient (Wildman–Crippen LogP) is 4.16. The zero-order valence-electron chi connectivity index (χ0n) is 15.3. The first kappa shape index (κ1) is 19.8. The largest absolute Gasteiger partial charge is 0.349 e. The van der Waals surface area contributed by atoms with Crippen molar-refractivity contribution in [2.24, 2.45) is 0 Å². The number of piperidine rings is 1. The molecule has 0 radical (unpaired) electrons. The fourth-order valence-corrected chi connectivity index (χ4v) is 4.30. The molecule has 6 heteroatoms. The number of amides is 2. The van der Waals surface area contributed by atoms with E-state index in [-0.39, 0.29) is 17.9 Å². The smallest absolute Gasteiger partial charge is 0.251 e. The Kier molecular flexibility index (Phi) is 6.80. The lowest BCUT2D eigenvalue weighted by atomic mass is 10.0. The van der Waals surface area contributed by atoms with Crippen LogP contribution in [0.3, 0.4) is 0 Å². The fraction of sp³-hybridized carbons (Fsp3) is 0.333. The van der Waals surface area contributed by atoms with Gasteiger partial charge in [0.1, 0.15) is 0 Å². The summed E-state index contributed by atoms with van der Waals surface area (Å²) in [6.07, 6.45) is 1.56. The molecule has 0 saturated carbocycles. The maximum Gasteiger partial charge on any atom is 0.251 e. The van der Waals surface area contributed by atoms with Gasteiger partial charge in [0.15, 0.2) is 0 Å². The lowest BCUT2D eigenvalue weighted by Gasteiger charge is -2.32. The molecule has 0 unspecified atom stereocenters. The number of halogens is 1. The minimum atomic E-state index is -0.0350. The Bertz CT molecular complexity index is 819. The summed E-state index contributed by atoms with van der Waals surface area (Å²) in [4.78, 5) is 27.7. The van der Waals surface area contributed by atoms with Gasteiger partial charge in [0.25, 0.3) is 5.91 Å². The molecule has 2 amide bonds. The number of carbonyl (C=O) groups is 2. The second kappa shape index (κ2) is 9.29. The molecule has 0 aromatic heterocycles. The number of hydrogen-bond donors (Lipinski definition) is 1. The summed E-state index contributed by atoms with van der Waals surface area (Å²) in [5.74, 6) is 0.458. The molecule has 4 nitrogen and oxygen atoms in total. The van der Waals surface area contributed by atoms with Crippen molar-refractivity contribution in [2.75, 3.05) is 18.8 Å². The Morgan fingerprint density at radius 1 is 1.11 bits per heavy atom. The molecule has 27 heavy (non-hydrogen) atoms. The third-order valence-corrected chi connectivity index (χ3v) is 6.26. The second-order valence-electron chi connectivity index (χ2n) is 6.66. The van der Waals surface area contributed by atoms with Crippen LogP contribution in [-0.4, -0.2) is 41.6 Å². The van der Waals surface area contributed by atoms with Crippen molar-refractivity contribution in [3.63, 3.8) is 0 Å². The van der Waals surface area contributed by atoms with E-state index < -0.39 is 0 Å². The zero-order valence-corrected chi connectivity index (χ0v) is 16.9. The summed E-state index contributed by atoms with van der Waals surface area (Å²) in [7, 11) is 0. The molecular weight excluding hydrogens is 380 g/mol.